The van der Waals surface area contributed by atoms with Crippen molar-refractivity contribution in [3.05, 3.63) is 35.4 Å². The predicted octanol–water partition coefficient (Wildman–Crippen LogP) is 3.93. The van der Waals surface area contributed by atoms with E-state index in [1.807, 2.05) is 0 Å². The molecular formula is C18H31NO. The minimum absolute atomic E-state index is 0.173. The molecule has 0 aliphatic rings. The molecule has 0 aromatic heterocycles. The molecule has 0 unspecified atom stereocenters. The van der Waals surface area contributed by atoms with E-state index in [1.165, 1.54) is 11.1 Å². The molecule has 0 heterocycles. The van der Waals surface area contributed by atoms with Crippen LogP contribution < -0.4 is 5.32 Å². The molecule has 0 spiro atoms. The van der Waals surface area contributed by atoms with Crippen molar-refractivity contribution < 1.29 is 4.74 Å². The first-order valence-electron chi connectivity index (χ1n) is 7.61. The fraction of sp³-hybridized carbons (Fsp3) is 0.667. The quantitative estimate of drug-likeness (QED) is 0.795. The highest BCUT2D eigenvalue weighted by molar-refractivity contribution is 5.27. The maximum absolute atomic E-state index is 5.67. The zero-order valence-corrected chi connectivity index (χ0v) is 14.0. The van der Waals surface area contributed by atoms with Crippen LogP contribution in [0.25, 0.3) is 0 Å². The first-order chi connectivity index (χ1) is 9.18. The van der Waals surface area contributed by atoms with Crippen molar-refractivity contribution in [2.45, 2.75) is 58.9 Å². The highest BCUT2D eigenvalue weighted by Gasteiger charge is 2.12. The van der Waals surface area contributed by atoms with Crippen molar-refractivity contribution in [3.8, 4) is 0 Å². The third-order valence-corrected chi connectivity index (χ3v) is 3.26. The van der Waals surface area contributed by atoms with Crippen LogP contribution in [0.15, 0.2) is 24.3 Å². The molecule has 0 radical (unpaired) electrons. The van der Waals surface area contributed by atoms with Gasteiger partial charge in [0.25, 0.3) is 0 Å². The van der Waals surface area contributed by atoms with Gasteiger partial charge in [-0.25, -0.2) is 0 Å². The highest BCUT2D eigenvalue weighted by Crippen LogP contribution is 2.22. The molecule has 114 valence electrons. The summed E-state index contributed by atoms with van der Waals surface area (Å²) in [6.45, 7) is 15.7. The largest absolute Gasteiger partial charge is 0.380 e. The number of nitrogens with one attached hydrogen (secondary N) is 1. The Morgan fingerprint density at radius 2 is 1.50 bits per heavy atom. The van der Waals surface area contributed by atoms with Crippen LogP contribution in [0, 0.1) is 0 Å². The van der Waals surface area contributed by atoms with E-state index >= 15 is 0 Å². The Kier molecular flexibility index (Phi) is 6.22. The average molecular weight is 277 g/mol. The second-order valence-corrected chi connectivity index (χ2v) is 7.49. The number of ether oxygens (including phenoxy) is 1. The van der Waals surface area contributed by atoms with E-state index in [4.69, 9.17) is 4.74 Å². The van der Waals surface area contributed by atoms with Crippen molar-refractivity contribution in [2.24, 2.45) is 0 Å². The third kappa shape index (κ3) is 7.06. The predicted molar refractivity (Wildman–Crippen MR) is 87.4 cm³/mol. The van der Waals surface area contributed by atoms with Gasteiger partial charge in [-0.2, -0.15) is 0 Å². The molecule has 1 rings (SSSR count). The molecule has 2 nitrogen and oxygen atoms in total. The summed E-state index contributed by atoms with van der Waals surface area (Å²) < 4.78 is 5.67. The molecule has 20 heavy (non-hydrogen) atoms. The molecule has 1 aromatic rings. The van der Waals surface area contributed by atoms with Gasteiger partial charge in [-0.1, -0.05) is 45.0 Å². The van der Waals surface area contributed by atoms with Gasteiger partial charge in [-0.15, -0.1) is 0 Å². The summed E-state index contributed by atoms with van der Waals surface area (Å²) in [5.41, 5.74) is 3.14. The molecule has 0 saturated heterocycles. The zero-order chi connectivity index (χ0) is 15.2. The van der Waals surface area contributed by atoms with Crippen LogP contribution in [0.3, 0.4) is 0 Å². The van der Waals surface area contributed by atoms with Crippen molar-refractivity contribution in [3.63, 3.8) is 0 Å². The summed E-state index contributed by atoms with van der Waals surface area (Å²) in [7, 11) is 0. The zero-order valence-electron chi connectivity index (χ0n) is 14.0. The van der Waals surface area contributed by atoms with E-state index in [2.05, 4.69) is 71.1 Å². The Morgan fingerprint density at radius 3 is 2.00 bits per heavy atom. The summed E-state index contributed by atoms with van der Waals surface area (Å²) in [6, 6.07) is 8.90. The molecule has 0 saturated carbocycles. The van der Waals surface area contributed by atoms with E-state index in [0.29, 0.717) is 0 Å². The smallest absolute Gasteiger partial charge is 0.0591 e. The van der Waals surface area contributed by atoms with E-state index in [1.54, 1.807) is 0 Å². The molecule has 0 aliphatic heterocycles. The fourth-order valence-electron chi connectivity index (χ4n) is 1.96. The topological polar surface area (TPSA) is 21.3 Å². The Bertz CT molecular complexity index is 381. The molecule has 1 N–H and O–H groups in total. The van der Waals surface area contributed by atoms with Gasteiger partial charge in [-0.3, -0.25) is 0 Å². The van der Waals surface area contributed by atoms with E-state index in [-0.39, 0.29) is 11.0 Å². The van der Waals surface area contributed by atoms with E-state index in [0.717, 1.165) is 26.2 Å². The molecule has 0 amide bonds. The third-order valence-electron chi connectivity index (χ3n) is 3.26. The number of hydrogen-bond acceptors (Lipinski definition) is 2. The second-order valence-electron chi connectivity index (χ2n) is 7.49. The van der Waals surface area contributed by atoms with Crippen LogP contribution in [0.5, 0.6) is 0 Å². The maximum Gasteiger partial charge on any atom is 0.0591 e. The van der Waals surface area contributed by atoms with Crippen LogP contribution in [0.1, 0.15) is 52.7 Å². The van der Waals surface area contributed by atoms with Crippen LogP contribution in [0.2, 0.25) is 0 Å². The van der Waals surface area contributed by atoms with Crippen LogP contribution in [0.4, 0.5) is 0 Å². The van der Waals surface area contributed by atoms with Gasteiger partial charge in [0.05, 0.1) is 13.2 Å². The molecule has 0 atom stereocenters. The SMILES string of the molecule is CC(C)(C)NCCOCCc1ccc(C(C)(C)C)cc1. The molecule has 0 bridgehead atoms. The Morgan fingerprint density at radius 1 is 0.900 bits per heavy atom. The number of rotatable bonds is 6. The summed E-state index contributed by atoms with van der Waals surface area (Å²) in [4.78, 5) is 0. The normalized spacial score (nSPS) is 12.7. The molecule has 1 aromatic carbocycles. The Labute approximate surface area is 124 Å². The van der Waals surface area contributed by atoms with Gasteiger partial charge >= 0.3 is 0 Å². The first kappa shape index (κ1) is 17.2. The van der Waals surface area contributed by atoms with E-state index < -0.39 is 0 Å². The van der Waals surface area contributed by atoms with Gasteiger partial charge in [-0.05, 0) is 43.7 Å². The molecule has 2 heteroatoms. The lowest BCUT2D eigenvalue weighted by atomic mass is 9.86. The van der Waals surface area contributed by atoms with Crippen molar-refractivity contribution in [1.82, 2.24) is 5.32 Å². The van der Waals surface area contributed by atoms with E-state index in [9.17, 15) is 0 Å². The average Bonchev–Trinajstić information content (AvgIpc) is 2.32. The standard InChI is InChI=1S/C18H31NO/c1-17(2,3)16-9-7-15(8-10-16)11-13-20-14-12-19-18(4,5)6/h7-10,19H,11-14H2,1-6H3. The fourth-order valence-corrected chi connectivity index (χ4v) is 1.96. The molecule has 0 fully saturated rings. The number of hydrogen-bond donors (Lipinski definition) is 1. The van der Waals surface area contributed by atoms with Gasteiger partial charge in [0, 0.05) is 12.1 Å². The summed E-state index contributed by atoms with van der Waals surface area (Å²) in [5.74, 6) is 0. The highest BCUT2D eigenvalue weighted by atomic mass is 16.5. The summed E-state index contributed by atoms with van der Waals surface area (Å²) in [6.07, 6.45) is 0.986. The monoisotopic (exact) mass is 277 g/mol. The van der Waals surface area contributed by atoms with Gasteiger partial charge in [0.15, 0.2) is 0 Å². The second kappa shape index (κ2) is 7.24. The van der Waals surface area contributed by atoms with Gasteiger partial charge in [0.2, 0.25) is 0 Å². The van der Waals surface area contributed by atoms with Crippen LogP contribution in [-0.2, 0) is 16.6 Å². The van der Waals surface area contributed by atoms with Gasteiger partial charge < -0.3 is 10.1 Å². The van der Waals surface area contributed by atoms with Crippen molar-refractivity contribution >= 4 is 0 Å². The Balaban J connectivity index is 2.23. The number of benzene rings is 1. The molecule has 0 aliphatic carbocycles. The lowest BCUT2D eigenvalue weighted by Gasteiger charge is -2.20. The van der Waals surface area contributed by atoms with Crippen molar-refractivity contribution in [1.29, 1.82) is 0 Å². The van der Waals surface area contributed by atoms with Crippen LogP contribution in [-0.4, -0.2) is 25.3 Å². The summed E-state index contributed by atoms with van der Waals surface area (Å²) in [5, 5.41) is 3.42. The lowest BCUT2D eigenvalue weighted by molar-refractivity contribution is 0.133. The van der Waals surface area contributed by atoms with Crippen molar-refractivity contribution in [2.75, 3.05) is 19.8 Å². The lowest BCUT2D eigenvalue weighted by Crippen LogP contribution is -2.38. The minimum Gasteiger partial charge on any atom is -0.380 e. The summed E-state index contributed by atoms with van der Waals surface area (Å²) >= 11 is 0. The van der Waals surface area contributed by atoms with Crippen LogP contribution >= 0.6 is 0 Å². The Hall–Kier alpha value is -0.860. The maximum atomic E-state index is 5.67. The minimum atomic E-state index is 0.173. The molecular weight excluding hydrogens is 246 g/mol. The van der Waals surface area contributed by atoms with Gasteiger partial charge in [0.1, 0.15) is 0 Å². The first-order valence-corrected chi connectivity index (χ1v) is 7.61.